The number of nitrogens with one attached hydrogen (secondary N) is 1. The standard InChI is InChI=1S/C22H16Cl4N2O3/c1-30-21-8-13(11-27-28-22(29)14-4-6-17(24)19(26)9-14)2-7-20(21)31-12-15-3-5-16(23)10-18(15)25/h2-11H,12H2,1H3,(H,28,29)/b27-11-. The van der Waals surface area contributed by atoms with Gasteiger partial charge in [0.25, 0.3) is 5.91 Å². The average Bonchev–Trinajstić information content (AvgIpc) is 2.75. The summed E-state index contributed by atoms with van der Waals surface area (Å²) in [5.74, 6) is 0.622. The van der Waals surface area contributed by atoms with Crippen LogP contribution >= 0.6 is 46.4 Å². The number of carbonyl (C=O) groups excluding carboxylic acids is 1. The van der Waals surface area contributed by atoms with E-state index in [9.17, 15) is 4.79 Å². The van der Waals surface area contributed by atoms with Crippen LogP contribution in [0.15, 0.2) is 59.7 Å². The molecule has 3 aromatic rings. The highest BCUT2D eigenvalue weighted by molar-refractivity contribution is 6.42. The van der Waals surface area contributed by atoms with E-state index in [1.165, 1.54) is 19.4 Å². The van der Waals surface area contributed by atoms with Gasteiger partial charge in [0.05, 0.1) is 23.4 Å². The normalized spacial score (nSPS) is 10.9. The van der Waals surface area contributed by atoms with Crippen molar-refractivity contribution in [3.8, 4) is 11.5 Å². The third-order valence-electron chi connectivity index (χ3n) is 4.15. The molecule has 0 spiro atoms. The molecule has 0 aliphatic heterocycles. The van der Waals surface area contributed by atoms with Gasteiger partial charge in [-0.2, -0.15) is 5.10 Å². The highest BCUT2D eigenvalue weighted by Crippen LogP contribution is 2.30. The fourth-order valence-corrected chi connectivity index (χ4v) is 3.31. The van der Waals surface area contributed by atoms with Gasteiger partial charge in [0, 0.05) is 21.2 Å². The summed E-state index contributed by atoms with van der Waals surface area (Å²) in [5, 5.41) is 5.70. The van der Waals surface area contributed by atoms with Crippen LogP contribution in [0.5, 0.6) is 11.5 Å². The van der Waals surface area contributed by atoms with Crippen molar-refractivity contribution in [2.45, 2.75) is 6.61 Å². The van der Waals surface area contributed by atoms with E-state index in [-0.39, 0.29) is 6.61 Å². The number of methoxy groups -OCH3 is 1. The second-order valence-corrected chi connectivity index (χ2v) is 7.92. The molecule has 3 rings (SSSR count). The van der Waals surface area contributed by atoms with E-state index < -0.39 is 5.91 Å². The van der Waals surface area contributed by atoms with E-state index in [0.717, 1.165) is 5.56 Å². The van der Waals surface area contributed by atoms with Crippen LogP contribution < -0.4 is 14.9 Å². The highest BCUT2D eigenvalue weighted by atomic mass is 35.5. The van der Waals surface area contributed by atoms with Crippen LogP contribution in [0.1, 0.15) is 21.5 Å². The second-order valence-electron chi connectivity index (χ2n) is 6.26. The topological polar surface area (TPSA) is 59.9 Å². The Bertz CT molecular complexity index is 1140. The molecule has 31 heavy (non-hydrogen) atoms. The highest BCUT2D eigenvalue weighted by Gasteiger charge is 2.09. The fraction of sp³-hybridized carbons (Fsp3) is 0.0909. The molecule has 9 heteroatoms. The summed E-state index contributed by atoms with van der Waals surface area (Å²) in [6.07, 6.45) is 1.48. The number of carbonyl (C=O) groups is 1. The Morgan fingerprint density at radius 1 is 0.935 bits per heavy atom. The Kier molecular flexibility index (Phi) is 8.04. The Hall–Kier alpha value is -2.44. The number of hydrogen-bond donors (Lipinski definition) is 1. The first kappa shape index (κ1) is 23.2. The van der Waals surface area contributed by atoms with Gasteiger partial charge in [0.15, 0.2) is 11.5 Å². The van der Waals surface area contributed by atoms with Crippen LogP contribution in [0.4, 0.5) is 0 Å². The number of rotatable bonds is 7. The lowest BCUT2D eigenvalue weighted by molar-refractivity contribution is 0.0955. The van der Waals surface area contributed by atoms with Gasteiger partial charge in [-0.1, -0.05) is 52.5 Å². The van der Waals surface area contributed by atoms with Gasteiger partial charge in [-0.05, 0) is 54.1 Å². The van der Waals surface area contributed by atoms with Crippen molar-refractivity contribution in [2.24, 2.45) is 5.10 Å². The number of benzene rings is 3. The predicted octanol–water partition coefficient (Wildman–Crippen LogP) is 6.65. The molecule has 1 amide bonds. The van der Waals surface area contributed by atoms with Crippen molar-refractivity contribution >= 4 is 58.5 Å². The fourth-order valence-electron chi connectivity index (χ4n) is 2.55. The van der Waals surface area contributed by atoms with Crippen molar-refractivity contribution in [3.63, 3.8) is 0 Å². The summed E-state index contributed by atoms with van der Waals surface area (Å²) in [7, 11) is 1.53. The van der Waals surface area contributed by atoms with Gasteiger partial charge >= 0.3 is 0 Å². The summed E-state index contributed by atoms with van der Waals surface area (Å²) in [4.78, 5) is 12.2. The Balaban J connectivity index is 1.64. The smallest absolute Gasteiger partial charge is 0.271 e. The molecule has 160 valence electrons. The van der Waals surface area contributed by atoms with Crippen LogP contribution in [-0.2, 0) is 6.61 Å². The largest absolute Gasteiger partial charge is 0.493 e. The second kappa shape index (κ2) is 10.7. The number of halogens is 4. The number of nitrogens with zero attached hydrogens (tertiary/aromatic N) is 1. The lowest BCUT2D eigenvalue weighted by atomic mass is 10.2. The van der Waals surface area contributed by atoms with Gasteiger partial charge in [0.2, 0.25) is 0 Å². The number of hydrazone groups is 1. The van der Waals surface area contributed by atoms with Crippen LogP contribution in [0.25, 0.3) is 0 Å². The molecule has 0 unspecified atom stereocenters. The van der Waals surface area contributed by atoms with Crippen molar-refractivity contribution in [1.29, 1.82) is 0 Å². The van der Waals surface area contributed by atoms with E-state index in [4.69, 9.17) is 55.9 Å². The number of hydrogen-bond acceptors (Lipinski definition) is 4. The minimum absolute atomic E-state index is 0.250. The molecule has 0 heterocycles. The van der Waals surface area contributed by atoms with Crippen LogP contribution in [0, 0.1) is 0 Å². The molecule has 0 atom stereocenters. The average molecular weight is 498 g/mol. The first-order chi connectivity index (χ1) is 14.9. The zero-order valence-electron chi connectivity index (χ0n) is 16.2. The minimum Gasteiger partial charge on any atom is -0.493 e. The van der Waals surface area contributed by atoms with Crippen LogP contribution in [0.3, 0.4) is 0 Å². The van der Waals surface area contributed by atoms with Crippen molar-refractivity contribution in [3.05, 3.63) is 91.4 Å². The van der Waals surface area contributed by atoms with Crippen molar-refractivity contribution < 1.29 is 14.3 Å². The van der Waals surface area contributed by atoms with Gasteiger partial charge in [-0.25, -0.2) is 5.43 Å². The van der Waals surface area contributed by atoms with E-state index in [0.29, 0.717) is 42.7 Å². The molecule has 0 fully saturated rings. The molecule has 0 aromatic heterocycles. The summed E-state index contributed by atoms with van der Waals surface area (Å²) >= 11 is 23.9. The number of amides is 1. The maximum absolute atomic E-state index is 12.2. The van der Waals surface area contributed by atoms with Gasteiger partial charge < -0.3 is 9.47 Å². The summed E-state index contributed by atoms with van der Waals surface area (Å²) in [6, 6.07) is 15.0. The lowest BCUT2D eigenvalue weighted by Crippen LogP contribution is -2.17. The SMILES string of the molecule is COc1cc(/C=N\NC(=O)c2ccc(Cl)c(Cl)c2)ccc1OCc1ccc(Cl)cc1Cl. The molecule has 0 aliphatic rings. The molecular weight excluding hydrogens is 482 g/mol. The number of ether oxygens (including phenoxy) is 2. The Morgan fingerprint density at radius 2 is 1.74 bits per heavy atom. The quantitative estimate of drug-likeness (QED) is 0.293. The molecule has 3 aromatic carbocycles. The molecule has 0 aliphatic carbocycles. The van der Waals surface area contributed by atoms with Crippen LogP contribution in [0.2, 0.25) is 20.1 Å². The molecule has 1 N–H and O–H groups in total. The van der Waals surface area contributed by atoms with Gasteiger partial charge in [0.1, 0.15) is 6.61 Å². The van der Waals surface area contributed by atoms with Crippen LogP contribution in [-0.4, -0.2) is 19.2 Å². The zero-order valence-corrected chi connectivity index (χ0v) is 19.2. The molecular formula is C22H16Cl4N2O3. The first-order valence-electron chi connectivity index (χ1n) is 8.90. The molecule has 0 saturated carbocycles. The first-order valence-corrected chi connectivity index (χ1v) is 10.4. The summed E-state index contributed by atoms with van der Waals surface area (Å²) in [5.41, 5.74) is 4.27. The third-order valence-corrected chi connectivity index (χ3v) is 5.47. The third kappa shape index (κ3) is 6.28. The Labute approximate surface area is 199 Å². The van der Waals surface area contributed by atoms with Crippen molar-refractivity contribution in [2.75, 3.05) is 7.11 Å². The monoisotopic (exact) mass is 496 g/mol. The summed E-state index contributed by atoms with van der Waals surface area (Å²) < 4.78 is 11.2. The molecule has 0 radical (unpaired) electrons. The van der Waals surface area contributed by atoms with E-state index in [1.807, 2.05) is 0 Å². The maximum Gasteiger partial charge on any atom is 0.271 e. The maximum atomic E-state index is 12.2. The van der Waals surface area contributed by atoms with E-state index in [2.05, 4.69) is 10.5 Å². The lowest BCUT2D eigenvalue weighted by Gasteiger charge is -2.12. The van der Waals surface area contributed by atoms with E-state index >= 15 is 0 Å². The predicted molar refractivity (Wildman–Crippen MR) is 125 cm³/mol. The molecule has 0 bridgehead atoms. The van der Waals surface area contributed by atoms with Gasteiger partial charge in [-0.3, -0.25) is 4.79 Å². The minimum atomic E-state index is -0.415. The van der Waals surface area contributed by atoms with E-state index in [1.54, 1.807) is 48.5 Å². The zero-order chi connectivity index (χ0) is 22.4. The Morgan fingerprint density at radius 3 is 2.45 bits per heavy atom. The molecule has 0 saturated heterocycles. The van der Waals surface area contributed by atoms with Crippen molar-refractivity contribution in [1.82, 2.24) is 5.43 Å². The molecule has 5 nitrogen and oxygen atoms in total. The summed E-state index contributed by atoms with van der Waals surface area (Å²) in [6.45, 7) is 0.250. The van der Waals surface area contributed by atoms with Gasteiger partial charge in [-0.15, -0.1) is 0 Å².